The Labute approximate surface area is 123 Å². The Hall–Kier alpha value is 0.1000. The summed E-state index contributed by atoms with van der Waals surface area (Å²) in [6, 6.07) is 0. The van der Waals surface area contributed by atoms with Crippen LogP contribution in [0, 0.1) is 8.99 Å². The topological polar surface area (TPSA) is 25.8 Å². The molecule has 96 valence electrons. The molecule has 1 heterocycles. The Balaban J connectivity index is 3.25. The maximum absolute atomic E-state index is 6.20. The predicted octanol–water partition coefficient (Wildman–Crippen LogP) is 4.62. The predicted molar refractivity (Wildman–Crippen MR) is 81.6 cm³/mol. The summed E-state index contributed by atoms with van der Waals surface area (Å²) < 4.78 is 0.967. The highest BCUT2D eigenvalue weighted by Crippen LogP contribution is 2.30. The Morgan fingerprint density at radius 1 is 1.06 bits per heavy atom. The third-order valence-corrected chi connectivity index (χ3v) is 3.87. The summed E-state index contributed by atoms with van der Waals surface area (Å²) in [6.45, 7) is 13.0. The first-order chi connectivity index (χ1) is 7.50. The highest BCUT2D eigenvalue weighted by molar-refractivity contribution is 14.1. The lowest BCUT2D eigenvalue weighted by atomic mass is 9.90. The Kier molecular flexibility index (Phi) is 4.46. The summed E-state index contributed by atoms with van der Waals surface area (Å²) in [5, 5.41) is 0.574. The molecule has 0 fully saturated rings. The number of nitrogens with zero attached hydrogens (tertiary/aromatic N) is 2. The molecule has 0 aromatic carbocycles. The van der Waals surface area contributed by atoms with Gasteiger partial charge in [-0.1, -0.05) is 53.1 Å². The Bertz CT molecular complexity index is 417. The molecule has 0 aliphatic carbocycles. The van der Waals surface area contributed by atoms with Crippen LogP contribution >= 0.6 is 34.2 Å². The quantitative estimate of drug-likeness (QED) is 0.535. The second kappa shape index (κ2) is 5.00. The van der Waals surface area contributed by atoms with Gasteiger partial charge >= 0.3 is 0 Å². The number of hydrogen-bond acceptors (Lipinski definition) is 2. The van der Waals surface area contributed by atoms with Gasteiger partial charge in [0.05, 0.1) is 9.26 Å². The highest BCUT2D eigenvalue weighted by atomic mass is 127. The van der Waals surface area contributed by atoms with Crippen LogP contribution in [-0.2, 0) is 11.8 Å². The molecule has 1 aromatic heterocycles. The molecule has 0 spiro atoms. The third kappa shape index (κ3) is 4.36. The molecule has 0 radical (unpaired) electrons. The second-order valence-corrected chi connectivity index (χ2v) is 8.02. The molecule has 0 unspecified atom stereocenters. The van der Waals surface area contributed by atoms with Crippen LogP contribution in [0.25, 0.3) is 0 Å². The summed E-state index contributed by atoms with van der Waals surface area (Å²) in [4.78, 5) is 9.07. The van der Waals surface area contributed by atoms with E-state index in [0.717, 1.165) is 21.5 Å². The van der Waals surface area contributed by atoms with Crippen LogP contribution in [0.1, 0.15) is 53.1 Å². The molecule has 4 heteroatoms. The lowest BCUT2D eigenvalue weighted by molar-refractivity contribution is 0.398. The van der Waals surface area contributed by atoms with Gasteiger partial charge < -0.3 is 0 Å². The maximum Gasteiger partial charge on any atom is 0.146 e. The Morgan fingerprint density at radius 3 is 2.00 bits per heavy atom. The van der Waals surface area contributed by atoms with Crippen LogP contribution in [0.15, 0.2) is 0 Å². The molecule has 2 nitrogen and oxygen atoms in total. The molecular formula is C13H20ClIN2. The van der Waals surface area contributed by atoms with Crippen molar-refractivity contribution in [2.45, 2.75) is 53.4 Å². The van der Waals surface area contributed by atoms with Crippen LogP contribution in [0.5, 0.6) is 0 Å². The van der Waals surface area contributed by atoms with E-state index in [2.05, 4.69) is 74.1 Å². The van der Waals surface area contributed by atoms with E-state index in [1.165, 1.54) is 0 Å². The van der Waals surface area contributed by atoms with Gasteiger partial charge in [-0.25, -0.2) is 9.97 Å². The zero-order chi connectivity index (χ0) is 13.4. The lowest BCUT2D eigenvalue weighted by Crippen LogP contribution is -2.20. The van der Waals surface area contributed by atoms with Crippen molar-refractivity contribution in [3.05, 3.63) is 20.2 Å². The zero-order valence-electron chi connectivity index (χ0n) is 11.4. The van der Waals surface area contributed by atoms with E-state index in [1.54, 1.807) is 0 Å². The molecule has 0 saturated heterocycles. The van der Waals surface area contributed by atoms with Crippen LogP contribution in [0.3, 0.4) is 0 Å². The van der Waals surface area contributed by atoms with Gasteiger partial charge in [0.15, 0.2) is 0 Å². The van der Waals surface area contributed by atoms with Crippen molar-refractivity contribution in [3.8, 4) is 0 Å². The molecule has 17 heavy (non-hydrogen) atoms. The summed E-state index contributed by atoms with van der Waals surface area (Å²) >= 11 is 8.42. The van der Waals surface area contributed by atoms with Crippen LogP contribution < -0.4 is 0 Å². The van der Waals surface area contributed by atoms with Crippen molar-refractivity contribution in [3.63, 3.8) is 0 Å². The minimum Gasteiger partial charge on any atom is -0.236 e. The first-order valence-corrected chi connectivity index (χ1v) is 7.19. The monoisotopic (exact) mass is 366 g/mol. The maximum atomic E-state index is 6.20. The van der Waals surface area contributed by atoms with Crippen molar-refractivity contribution in [1.29, 1.82) is 0 Å². The standard InChI is InChI=1S/C13H20ClIN2/c1-12(2,3)7-8-16-10(13(4,5)6)9(15)11(14)17-8/h7H2,1-6H3. The van der Waals surface area contributed by atoms with E-state index in [9.17, 15) is 0 Å². The van der Waals surface area contributed by atoms with Crippen molar-refractivity contribution in [1.82, 2.24) is 9.97 Å². The van der Waals surface area contributed by atoms with Gasteiger partial charge in [0, 0.05) is 11.8 Å². The summed E-state index contributed by atoms with van der Waals surface area (Å²) in [5.41, 5.74) is 1.21. The van der Waals surface area contributed by atoms with E-state index < -0.39 is 0 Å². The molecule has 0 saturated carbocycles. The SMILES string of the molecule is CC(C)(C)Cc1nc(Cl)c(I)c(C(C)(C)C)n1. The smallest absolute Gasteiger partial charge is 0.146 e. The van der Waals surface area contributed by atoms with Crippen LogP contribution in [0.2, 0.25) is 5.15 Å². The van der Waals surface area contributed by atoms with Gasteiger partial charge in [-0.15, -0.1) is 0 Å². The van der Waals surface area contributed by atoms with Crippen LogP contribution in [0.4, 0.5) is 0 Å². The third-order valence-electron chi connectivity index (χ3n) is 2.26. The molecule has 0 aliphatic heterocycles. The van der Waals surface area contributed by atoms with E-state index >= 15 is 0 Å². The van der Waals surface area contributed by atoms with Crippen molar-refractivity contribution in [2.24, 2.45) is 5.41 Å². The first kappa shape index (κ1) is 15.2. The minimum absolute atomic E-state index is 0.00423. The van der Waals surface area contributed by atoms with E-state index in [1.807, 2.05) is 0 Å². The fraction of sp³-hybridized carbons (Fsp3) is 0.692. The molecule has 0 aliphatic rings. The lowest BCUT2D eigenvalue weighted by Gasteiger charge is -2.23. The van der Waals surface area contributed by atoms with Gasteiger partial charge in [-0.3, -0.25) is 0 Å². The number of aromatic nitrogens is 2. The summed E-state index contributed by atoms with van der Waals surface area (Å²) in [5.74, 6) is 0.841. The number of halogens is 2. The Morgan fingerprint density at radius 2 is 1.59 bits per heavy atom. The molecule has 0 N–H and O–H groups in total. The van der Waals surface area contributed by atoms with E-state index in [-0.39, 0.29) is 10.8 Å². The van der Waals surface area contributed by atoms with Gasteiger partial charge in [-0.2, -0.15) is 0 Å². The normalized spacial score (nSPS) is 12.9. The molecular weight excluding hydrogens is 347 g/mol. The summed E-state index contributed by atoms with van der Waals surface area (Å²) in [7, 11) is 0. The van der Waals surface area contributed by atoms with Crippen molar-refractivity contribution < 1.29 is 0 Å². The fourth-order valence-electron chi connectivity index (χ4n) is 1.51. The second-order valence-electron chi connectivity index (χ2n) is 6.58. The van der Waals surface area contributed by atoms with Gasteiger partial charge in [0.2, 0.25) is 0 Å². The molecule has 1 rings (SSSR count). The number of rotatable bonds is 1. The zero-order valence-corrected chi connectivity index (χ0v) is 14.3. The average Bonchev–Trinajstić information content (AvgIpc) is 2.06. The average molecular weight is 367 g/mol. The van der Waals surface area contributed by atoms with Gasteiger partial charge in [0.25, 0.3) is 0 Å². The fourth-order valence-corrected chi connectivity index (χ4v) is 2.75. The van der Waals surface area contributed by atoms with Crippen LogP contribution in [-0.4, -0.2) is 9.97 Å². The van der Waals surface area contributed by atoms with Gasteiger partial charge in [0.1, 0.15) is 11.0 Å². The molecule has 0 amide bonds. The largest absolute Gasteiger partial charge is 0.236 e. The number of hydrogen-bond donors (Lipinski definition) is 0. The highest BCUT2D eigenvalue weighted by Gasteiger charge is 2.24. The molecule has 0 atom stereocenters. The molecule has 1 aromatic rings. The molecule has 0 bridgehead atoms. The minimum atomic E-state index is -0.00423. The van der Waals surface area contributed by atoms with E-state index in [4.69, 9.17) is 11.6 Å². The van der Waals surface area contributed by atoms with Gasteiger partial charge in [-0.05, 0) is 28.0 Å². The van der Waals surface area contributed by atoms with E-state index in [0.29, 0.717) is 5.15 Å². The first-order valence-electron chi connectivity index (χ1n) is 5.73. The van der Waals surface area contributed by atoms with Crippen molar-refractivity contribution >= 4 is 34.2 Å². The summed E-state index contributed by atoms with van der Waals surface area (Å²) in [6.07, 6.45) is 0.840. The van der Waals surface area contributed by atoms with Crippen molar-refractivity contribution in [2.75, 3.05) is 0 Å².